The van der Waals surface area contributed by atoms with Gasteiger partial charge in [0.2, 0.25) is 0 Å². The summed E-state index contributed by atoms with van der Waals surface area (Å²) in [6, 6.07) is 11.9. The first-order valence-electron chi connectivity index (χ1n) is 6.86. The second-order valence-electron chi connectivity index (χ2n) is 4.78. The Balaban J connectivity index is 2.06. The fourth-order valence-electron chi connectivity index (χ4n) is 2.09. The van der Waals surface area contributed by atoms with Gasteiger partial charge in [0.25, 0.3) is 11.6 Å². The van der Waals surface area contributed by atoms with Crippen molar-refractivity contribution in [2.45, 2.75) is 11.3 Å². The highest BCUT2D eigenvalue weighted by Crippen LogP contribution is 2.24. The quantitative estimate of drug-likeness (QED) is 0.486. The molecule has 0 heterocycles. The van der Waals surface area contributed by atoms with Crippen LogP contribution in [0.15, 0.2) is 47.4 Å². The van der Waals surface area contributed by atoms with E-state index in [1.165, 1.54) is 23.9 Å². The first-order chi connectivity index (χ1) is 11.0. The van der Waals surface area contributed by atoms with Gasteiger partial charge in [-0.15, -0.1) is 11.8 Å². The molecule has 0 aliphatic heterocycles. The minimum atomic E-state index is -0.546. The first-order valence-corrected chi connectivity index (χ1v) is 8.46. The molecule has 0 spiro atoms. The van der Waals surface area contributed by atoms with Crippen LogP contribution in [-0.4, -0.2) is 23.6 Å². The molecule has 1 N–H and O–H groups in total. The number of hydrogen-bond donors (Lipinski definition) is 1. The number of thioether (sulfide) groups is 1. The molecule has 23 heavy (non-hydrogen) atoms. The minimum absolute atomic E-state index is 0.0768. The van der Waals surface area contributed by atoms with E-state index >= 15 is 0 Å². The highest BCUT2D eigenvalue weighted by atomic mass is 35.5. The number of amides is 1. The monoisotopic (exact) mass is 350 g/mol. The van der Waals surface area contributed by atoms with E-state index in [2.05, 4.69) is 5.32 Å². The van der Waals surface area contributed by atoms with E-state index in [4.69, 9.17) is 11.6 Å². The van der Waals surface area contributed by atoms with Gasteiger partial charge in [0.05, 0.1) is 4.92 Å². The summed E-state index contributed by atoms with van der Waals surface area (Å²) in [4.78, 5) is 23.6. The Labute approximate surface area is 143 Å². The van der Waals surface area contributed by atoms with Crippen molar-refractivity contribution in [2.75, 3.05) is 12.8 Å². The molecule has 0 saturated carbocycles. The molecule has 0 aliphatic rings. The maximum Gasteiger partial charge on any atom is 0.282 e. The van der Waals surface area contributed by atoms with Crippen molar-refractivity contribution in [2.24, 2.45) is 0 Å². The van der Waals surface area contributed by atoms with Crippen molar-refractivity contribution < 1.29 is 9.72 Å². The Bertz CT molecular complexity index is 737. The van der Waals surface area contributed by atoms with Crippen LogP contribution in [0, 0.1) is 10.1 Å². The number of nitro benzene ring substituents is 1. The SMILES string of the molecule is CSc1ccc([N+](=O)[O-])c(C(=O)NCCc2cccc(Cl)c2)c1. The van der Waals surface area contributed by atoms with Gasteiger partial charge in [-0.1, -0.05) is 23.7 Å². The van der Waals surface area contributed by atoms with E-state index in [0.717, 1.165) is 10.5 Å². The largest absolute Gasteiger partial charge is 0.351 e. The van der Waals surface area contributed by atoms with Gasteiger partial charge in [-0.3, -0.25) is 14.9 Å². The van der Waals surface area contributed by atoms with Crippen molar-refractivity contribution in [3.05, 3.63) is 68.7 Å². The highest BCUT2D eigenvalue weighted by Gasteiger charge is 2.20. The Morgan fingerprint density at radius 2 is 2.09 bits per heavy atom. The Morgan fingerprint density at radius 1 is 1.30 bits per heavy atom. The lowest BCUT2D eigenvalue weighted by Gasteiger charge is -2.07. The molecule has 0 radical (unpaired) electrons. The molecule has 0 unspecified atom stereocenters. The number of nitro groups is 1. The van der Waals surface area contributed by atoms with Crippen molar-refractivity contribution in [1.82, 2.24) is 5.32 Å². The summed E-state index contributed by atoms with van der Waals surface area (Å²) in [5, 5.41) is 14.4. The topological polar surface area (TPSA) is 72.2 Å². The molecule has 2 aromatic rings. The predicted molar refractivity (Wildman–Crippen MR) is 92.4 cm³/mol. The van der Waals surface area contributed by atoms with Gasteiger partial charge in [-0.05, 0) is 42.5 Å². The maximum absolute atomic E-state index is 12.2. The van der Waals surface area contributed by atoms with Crippen molar-refractivity contribution in [3.63, 3.8) is 0 Å². The molecule has 5 nitrogen and oxygen atoms in total. The van der Waals surface area contributed by atoms with Gasteiger partial charge in [-0.2, -0.15) is 0 Å². The van der Waals surface area contributed by atoms with E-state index in [-0.39, 0.29) is 11.3 Å². The number of nitrogens with one attached hydrogen (secondary N) is 1. The summed E-state index contributed by atoms with van der Waals surface area (Å²) in [6.45, 7) is 0.375. The Hall–Kier alpha value is -2.05. The van der Waals surface area contributed by atoms with Crippen molar-refractivity contribution >= 4 is 35.0 Å². The summed E-state index contributed by atoms with van der Waals surface area (Å²) < 4.78 is 0. The molecule has 0 aliphatic carbocycles. The second-order valence-corrected chi connectivity index (χ2v) is 6.09. The number of carbonyl (C=O) groups is 1. The summed E-state index contributed by atoms with van der Waals surface area (Å²) in [5.74, 6) is -0.449. The van der Waals surface area contributed by atoms with E-state index in [0.29, 0.717) is 18.0 Å². The normalized spacial score (nSPS) is 10.3. The maximum atomic E-state index is 12.2. The molecule has 120 valence electrons. The molecule has 1 amide bonds. The van der Waals surface area contributed by atoms with E-state index in [1.54, 1.807) is 12.1 Å². The molecule has 0 fully saturated rings. The highest BCUT2D eigenvalue weighted by molar-refractivity contribution is 7.98. The van der Waals surface area contributed by atoms with Crippen LogP contribution >= 0.6 is 23.4 Å². The zero-order chi connectivity index (χ0) is 16.8. The average Bonchev–Trinajstić information content (AvgIpc) is 2.54. The molecule has 0 bridgehead atoms. The summed E-state index contributed by atoms with van der Waals surface area (Å²) in [5.41, 5.74) is 0.876. The fraction of sp³-hybridized carbons (Fsp3) is 0.188. The van der Waals surface area contributed by atoms with Crippen LogP contribution in [0.25, 0.3) is 0 Å². The standard InChI is InChI=1S/C16H15ClN2O3S/c1-23-13-5-6-15(19(21)22)14(10-13)16(20)18-8-7-11-3-2-4-12(17)9-11/h2-6,9-10H,7-8H2,1H3,(H,18,20). The van der Waals surface area contributed by atoms with Gasteiger partial charge in [0.15, 0.2) is 0 Å². The van der Waals surface area contributed by atoms with Crippen LogP contribution in [0.2, 0.25) is 5.02 Å². The van der Waals surface area contributed by atoms with E-state index in [9.17, 15) is 14.9 Å². The molecular formula is C16H15ClN2O3S. The zero-order valence-electron chi connectivity index (χ0n) is 12.4. The van der Waals surface area contributed by atoms with Crippen LogP contribution in [0.4, 0.5) is 5.69 Å². The van der Waals surface area contributed by atoms with Crippen LogP contribution in [0.1, 0.15) is 15.9 Å². The summed E-state index contributed by atoms with van der Waals surface area (Å²) >= 11 is 7.33. The van der Waals surface area contributed by atoms with E-state index in [1.807, 2.05) is 24.5 Å². The first kappa shape index (κ1) is 17.3. The van der Waals surface area contributed by atoms with Gasteiger partial charge in [0, 0.05) is 22.5 Å². The van der Waals surface area contributed by atoms with Crippen molar-refractivity contribution in [3.8, 4) is 0 Å². The lowest BCUT2D eigenvalue weighted by molar-refractivity contribution is -0.385. The number of carbonyl (C=O) groups excluding carboxylic acids is 1. The molecule has 2 rings (SSSR count). The average molecular weight is 351 g/mol. The third kappa shape index (κ3) is 4.71. The van der Waals surface area contributed by atoms with E-state index < -0.39 is 10.8 Å². The molecular weight excluding hydrogens is 336 g/mol. The van der Waals surface area contributed by atoms with Gasteiger partial charge in [-0.25, -0.2) is 0 Å². The van der Waals surface area contributed by atoms with Crippen LogP contribution in [0.5, 0.6) is 0 Å². The fourth-order valence-corrected chi connectivity index (χ4v) is 2.74. The predicted octanol–water partition coefficient (Wildman–Crippen LogP) is 3.94. The Kier molecular flexibility index (Phi) is 6.01. The van der Waals surface area contributed by atoms with Crippen LogP contribution in [-0.2, 0) is 6.42 Å². The molecule has 2 aromatic carbocycles. The van der Waals surface area contributed by atoms with Gasteiger partial charge < -0.3 is 5.32 Å². The lowest BCUT2D eigenvalue weighted by atomic mass is 10.1. The third-order valence-corrected chi connectivity index (χ3v) is 4.19. The molecule has 7 heteroatoms. The number of benzene rings is 2. The minimum Gasteiger partial charge on any atom is -0.351 e. The number of hydrogen-bond acceptors (Lipinski definition) is 4. The Morgan fingerprint density at radius 3 is 2.74 bits per heavy atom. The smallest absolute Gasteiger partial charge is 0.282 e. The second kappa shape index (κ2) is 7.99. The van der Waals surface area contributed by atoms with Crippen molar-refractivity contribution in [1.29, 1.82) is 0 Å². The lowest BCUT2D eigenvalue weighted by Crippen LogP contribution is -2.26. The summed E-state index contributed by atoms with van der Waals surface area (Å²) in [6.07, 6.45) is 2.45. The third-order valence-electron chi connectivity index (χ3n) is 3.23. The van der Waals surface area contributed by atoms with Crippen LogP contribution in [0.3, 0.4) is 0 Å². The summed E-state index contributed by atoms with van der Waals surface area (Å²) in [7, 11) is 0. The van der Waals surface area contributed by atoms with Gasteiger partial charge >= 0.3 is 0 Å². The molecule has 0 atom stereocenters. The number of nitrogens with zero attached hydrogens (tertiary/aromatic N) is 1. The number of halogens is 1. The molecule has 0 saturated heterocycles. The number of rotatable bonds is 6. The zero-order valence-corrected chi connectivity index (χ0v) is 14.0. The van der Waals surface area contributed by atoms with Crippen LogP contribution < -0.4 is 5.32 Å². The molecule has 0 aromatic heterocycles. The van der Waals surface area contributed by atoms with Gasteiger partial charge in [0.1, 0.15) is 5.56 Å².